The molecular formula is C10H21NS. The highest BCUT2D eigenvalue weighted by atomic mass is 32.2. The van der Waals surface area contributed by atoms with Crippen molar-refractivity contribution < 1.29 is 0 Å². The summed E-state index contributed by atoms with van der Waals surface area (Å²) in [5.41, 5.74) is 0. The van der Waals surface area contributed by atoms with Gasteiger partial charge in [0.05, 0.1) is 0 Å². The zero-order valence-electron chi connectivity index (χ0n) is 8.47. The summed E-state index contributed by atoms with van der Waals surface area (Å²) >= 11 is 1.92. The van der Waals surface area contributed by atoms with Crippen LogP contribution in [0.5, 0.6) is 0 Å². The van der Waals surface area contributed by atoms with Gasteiger partial charge < -0.3 is 5.32 Å². The molecule has 0 aromatic carbocycles. The van der Waals surface area contributed by atoms with E-state index < -0.39 is 0 Å². The van der Waals surface area contributed by atoms with Crippen molar-refractivity contribution in [3.63, 3.8) is 0 Å². The van der Waals surface area contributed by atoms with E-state index in [0.29, 0.717) is 0 Å². The highest BCUT2D eigenvalue weighted by molar-refractivity contribution is 7.98. The lowest BCUT2D eigenvalue weighted by Crippen LogP contribution is -2.37. The summed E-state index contributed by atoms with van der Waals surface area (Å²) in [6, 6.07) is 0.789. The topological polar surface area (TPSA) is 12.0 Å². The molecule has 0 radical (unpaired) electrons. The summed E-state index contributed by atoms with van der Waals surface area (Å²) in [5, 5.41) is 3.66. The van der Waals surface area contributed by atoms with Crippen LogP contribution in [-0.2, 0) is 0 Å². The monoisotopic (exact) mass is 187 g/mol. The molecule has 0 aliphatic heterocycles. The molecule has 1 rings (SSSR count). The Balaban J connectivity index is 2.14. The van der Waals surface area contributed by atoms with Gasteiger partial charge in [-0.05, 0) is 30.9 Å². The van der Waals surface area contributed by atoms with Crippen molar-refractivity contribution in [1.29, 1.82) is 0 Å². The van der Waals surface area contributed by atoms with Crippen LogP contribution in [0.3, 0.4) is 0 Å². The minimum absolute atomic E-state index is 0.789. The molecule has 1 aliphatic carbocycles. The van der Waals surface area contributed by atoms with Gasteiger partial charge in [0.1, 0.15) is 0 Å². The van der Waals surface area contributed by atoms with Crippen LogP contribution in [0.15, 0.2) is 0 Å². The molecule has 1 unspecified atom stereocenters. The van der Waals surface area contributed by atoms with Gasteiger partial charge in [-0.15, -0.1) is 0 Å². The number of thioether (sulfide) groups is 1. The van der Waals surface area contributed by atoms with E-state index in [1.807, 2.05) is 11.8 Å². The van der Waals surface area contributed by atoms with Gasteiger partial charge in [0.25, 0.3) is 0 Å². The maximum absolute atomic E-state index is 3.66. The van der Waals surface area contributed by atoms with Crippen molar-refractivity contribution in [2.45, 2.75) is 32.7 Å². The quantitative estimate of drug-likeness (QED) is 0.641. The molecule has 0 bridgehead atoms. The minimum atomic E-state index is 0.789. The van der Waals surface area contributed by atoms with Crippen LogP contribution in [0.2, 0.25) is 0 Å². The van der Waals surface area contributed by atoms with Crippen molar-refractivity contribution in [3.8, 4) is 0 Å². The Hall–Kier alpha value is 0.310. The molecule has 0 spiro atoms. The molecule has 0 aromatic heterocycles. The van der Waals surface area contributed by atoms with Crippen molar-refractivity contribution in [3.05, 3.63) is 0 Å². The van der Waals surface area contributed by atoms with E-state index in [1.165, 1.54) is 25.1 Å². The van der Waals surface area contributed by atoms with Crippen LogP contribution >= 0.6 is 11.8 Å². The van der Waals surface area contributed by atoms with Crippen LogP contribution in [0.4, 0.5) is 0 Å². The average Bonchev–Trinajstić information content (AvgIpc) is 2.80. The van der Waals surface area contributed by atoms with Crippen LogP contribution in [-0.4, -0.2) is 24.6 Å². The molecule has 1 nitrogen and oxygen atoms in total. The first-order valence-electron chi connectivity index (χ1n) is 4.98. The van der Waals surface area contributed by atoms with Gasteiger partial charge in [0.2, 0.25) is 0 Å². The van der Waals surface area contributed by atoms with E-state index >= 15 is 0 Å². The summed E-state index contributed by atoms with van der Waals surface area (Å²) in [6.07, 6.45) is 5.08. The van der Waals surface area contributed by atoms with E-state index in [1.54, 1.807) is 0 Å². The summed E-state index contributed by atoms with van der Waals surface area (Å²) in [7, 11) is 0. The summed E-state index contributed by atoms with van der Waals surface area (Å²) in [5.74, 6) is 3.04. The maximum atomic E-state index is 3.66. The third kappa shape index (κ3) is 3.36. The van der Waals surface area contributed by atoms with E-state index in [-0.39, 0.29) is 0 Å². The molecule has 1 saturated carbocycles. The smallest absolute Gasteiger partial charge is 0.0119 e. The second kappa shape index (κ2) is 5.13. The fourth-order valence-corrected chi connectivity index (χ4v) is 2.05. The second-order valence-corrected chi connectivity index (χ2v) is 5.04. The van der Waals surface area contributed by atoms with Crippen LogP contribution in [0, 0.1) is 11.8 Å². The predicted molar refractivity (Wildman–Crippen MR) is 57.7 cm³/mol. The molecule has 1 aliphatic rings. The number of hydrogen-bond acceptors (Lipinski definition) is 2. The SMILES string of the molecule is CSCCNC(C(C)C)C1CC1. The van der Waals surface area contributed by atoms with E-state index in [2.05, 4.69) is 25.4 Å². The highest BCUT2D eigenvalue weighted by Crippen LogP contribution is 2.35. The van der Waals surface area contributed by atoms with Crippen molar-refractivity contribution in [2.75, 3.05) is 18.6 Å². The van der Waals surface area contributed by atoms with Gasteiger partial charge in [0.15, 0.2) is 0 Å². The van der Waals surface area contributed by atoms with E-state index in [0.717, 1.165) is 17.9 Å². The zero-order valence-corrected chi connectivity index (χ0v) is 9.29. The predicted octanol–water partition coefficient (Wildman–Crippen LogP) is 2.37. The largest absolute Gasteiger partial charge is 0.313 e. The van der Waals surface area contributed by atoms with Gasteiger partial charge >= 0.3 is 0 Å². The molecule has 1 fully saturated rings. The van der Waals surface area contributed by atoms with Crippen molar-refractivity contribution in [1.82, 2.24) is 5.32 Å². The van der Waals surface area contributed by atoms with Gasteiger partial charge in [-0.1, -0.05) is 13.8 Å². The molecule has 72 valence electrons. The number of nitrogens with one attached hydrogen (secondary N) is 1. The highest BCUT2D eigenvalue weighted by Gasteiger charge is 2.32. The molecular weight excluding hydrogens is 166 g/mol. The molecule has 0 amide bonds. The first-order chi connectivity index (χ1) is 5.75. The van der Waals surface area contributed by atoms with Gasteiger partial charge in [-0.25, -0.2) is 0 Å². The Morgan fingerprint density at radius 3 is 2.50 bits per heavy atom. The Morgan fingerprint density at radius 1 is 1.42 bits per heavy atom. The molecule has 12 heavy (non-hydrogen) atoms. The van der Waals surface area contributed by atoms with Crippen molar-refractivity contribution in [2.24, 2.45) is 11.8 Å². The standard InChI is InChI=1S/C10H21NS/c1-8(2)10(9-4-5-9)11-6-7-12-3/h8-11H,4-7H2,1-3H3. The summed E-state index contributed by atoms with van der Waals surface area (Å²) in [4.78, 5) is 0. The molecule has 0 aromatic rings. The molecule has 1 atom stereocenters. The van der Waals surface area contributed by atoms with Crippen molar-refractivity contribution >= 4 is 11.8 Å². The van der Waals surface area contributed by atoms with E-state index in [4.69, 9.17) is 0 Å². The summed E-state index contributed by atoms with van der Waals surface area (Å²) in [6.45, 7) is 5.84. The van der Waals surface area contributed by atoms with Crippen LogP contribution < -0.4 is 5.32 Å². The Morgan fingerprint density at radius 2 is 2.08 bits per heavy atom. The number of rotatable bonds is 6. The van der Waals surface area contributed by atoms with Crippen LogP contribution in [0.1, 0.15) is 26.7 Å². The Bertz CT molecular complexity index is 119. The fraction of sp³-hybridized carbons (Fsp3) is 1.00. The number of hydrogen-bond donors (Lipinski definition) is 1. The zero-order chi connectivity index (χ0) is 8.97. The average molecular weight is 187 g/mol. The van der Waals surface area contributed by atoms with Gasteiger partial charge in [0, 0.05) is 18.3 Å². The summed E-state index contributed by atoms with van der Waals surface area (Å²) < 4.78 is 0. The van der Waals surface area contributed by atoms with Crippen LogP contribution in [0.25, 0.3) is 0 Å². The Labute approximate surface area is 80.7 Å². The third-order valence-electron chi connectivity index (χ3n) is 2.53. The van der Waals surface area contributed by atoms with Gasteiger partial charge in [-0.3, -0.25) is 0 Å². The molecule has 1 N–H and O–H groups in total. The normalized spacial score (nSPS) is 20.0. The lowest BCUT2D eigenvalue weighted by molar-refractivity contribution is 0.369. The first kappa shape index (κ1) is 10.4. The minimum Gasteiger partial charge on any atom is -0.313 e. The Kier molecular flexibility index (Phi) is 4.44. The third-order valence-corrected chi connectivity index (χ3v) is 3.15. The molecule has 0 saturated heterocycles. The first-order valence-corrected chi connectivity index (χ1v) is 6.37. The van der Waals surface area contributed by atoms with E-state index in [9.17, 15) is 0 Å². The lowest BCUT2D eigenvalue weighted by atomic mass is 10.00. The molecule has 0 heterocycles. The lowest BCUT2D eigenvalue weighted by Gasteiger charge is -2.21. The fourth-order valence-electron chi connectivity index (χ4n) is 1.73. The molecule has 2 heteroatoms. The maximum Gasteiger partial charge on any atom is 0.0119 e. The van der Waals surface area contributed by atoms with Gasteiger partial charge in [-0.2, -0.15) is 11.8 Å². The second-order valence-electron chi connectivity index (χ2n) is 4.05.